The summed E-state index contributed by atoms with van der Waals surface area (Å²) in [5.41, 5.74) is -1.21. The molecule has 72 valence electrons. The number of hydrogen-bond acceptors (Lipinski definition) is 2. The average Bonchev–Trinajstić information content (AvgIpc) is 2.04. The second-order valence-corrected chi connectivity index (χ2v) is 2.95. The zero-order valence-corrected chi connectivity index (χ0v) is 7.61. The molecular weight excluding hydrogens is 251 g/mol. The minimum Gasteiger partial charge on any atom is -0.495 e. The summed E-state index contributed by atoms with van der Waals surface area (Å²) in [5.74, 6) is -0.428. The average molecular weight is 259 g/mol. The van der Waals surface area contributed by atoms with Gasteiger partial charge in [-0.05, 0) is 15.9 Å². The molecule has 0 aliphatic rings. The summed E-state index contributed by atoms with van der Waals surface area (Å²) in [5, 5.41) is 0. The number of halogens is 4. The standard InChI is InChI=1S/C7H5BrF3NO/c1-13-5-2-6(7(9,10)11)12-3-4(5)8/h2-3H,1H3/i1D3. The number of nitrogens with zero attached hydrogens (tertiary/aromatic N) is 1. The van der Waals surface area contributed by atoms with Gasteiger partial charge in [0.1, 0.15) is 11.4 Å². The third kappa shape index (κ3) is 2.33. The van der Waals surface area contributed by atoms with Gasteiger partial charge >= 0.3 is 6.18 Å². The molecule has 0 atom stereocenters. The van der Waals surface area contributed by atoms with Crippen LogP contribution < -0.4 is 4.74 Å². The molecule has 0 saturated carbocycles. The van der Waals surface area contributed by atoms with Crippen LogP contribution in [0.15, 0.2) is 16.7 Å². The zero-order chi connectivity index (χ0) is 12.6. The highest BCUT2D eigenvalue weighted by Gasteiger charge is 2.33. The van der Waals surface area contributed by atoms with Gasteiger partial charge in [-0.1, -0.05) is 0 Å². The van der Waals surface area contributed by atoms with Crippen molar-refractivity contribution in [3.05, 3.63) is 22.4 Å². The molecule has 0 aromatic carbocycles. The van der Waals surface area contributed by atoms with Crippen molar-refractivity contribution in [1.82, 2.24) is 4.98 Å². The van der Waals surface area contributed by atoms with E-state index < -0.39 is 24.7 Å². The predicted molar refractivity (Wildman–Crippen MR) is 43.5 cm³/mol. The van der Waals surface area contributed by atoms with E-state index in [1.165, 1.54) is 0 Å². The van der Waals surface area contributed by atoms with Crippen molar-refractivity contribution in [3.8, 4) is 5.75 Å². The second-order valence-electron chi connectivity index (χ2n) is 2.10. The van der Waals surface area contributed by atoms with Gasteiger partial charge in [-0.25, -0.2) is 0 Å². The Morgan fingerprint density at radius 1 is 1.62 bits per heavy atom. The summed E-state index contributed by atoms with van der Waals surface area (Å²) in [6.45, 7) is 0. The fourth-order valence-electron chi connectivity index (χ4n) is 0.653. The molecule has 0 N–H and O–H groups in total. The molecule has 6 heteroatoms. The van der Waals surface area contributed by atoms with Crippen LogP contribution in [0.4, 0.5) is 13.2 Å². The van der Waals surface area contributed by atoms with Crippen LogP contribution in [-0.4, -0.2) is 12.0 Å². The molecule has 0 amide bonds. The van der Waals surface area contributed by atoms with Crippen LogP contribution in [0.1, 0.15) is 9.81 Å². The van der Waals surface area contributed by atoms with Crippen molar-refractivity contribution < 1.29 is 22.0 Å². The summed E-state index contributed by atoms with van der Waals surface area (Å²) in [7, 11) is -2.81. The van der Waals surface area contributed by atoms with Crippen molar-refractivity contribution in [1.29, 1.82) is 0 Å². The number of methoxy groups -OCH3 is 1. The van der Waals surface area contributed by atoms with E-state index in [1.54, 1.807) is 0 Å². The quantitative estimate of drug-likeness (QED) is 0.773. The largest absolute Gasteiger partial charge is 0.495 e. The highest BCUT2D eigenvalue weighted by Crippen LogP contribution is 2.32. The monoisotopic (exact) mass is 258 g/mol. The maximum absolute atomic E-state index is 12.3. The smallest absolute Gasteiger partial charge is 0.433 e. The topological polar surface area (TPSA) is 22.1 Å². The SMILES string of the molecule is [2H]C([2H])([2H])Oc1cc(C(F)(F)F)ncc1Br. The Bertz CT molecular complexity index is 393. The number of alkyl halides is 3. The van der Waals surface area contributed by atoms with Crippen LogP contribution in [0.25, 0.3) is 0 Å². The molecule has 0 spiro atoms. The van der Waals surface area contributed by atoms with Gasteiger partial charge in [-0.15, -0.1) is 0 Å². The number of rotatable bonds is 1. The molecule has 0 radical (unpaired) electrons. The highest BCUT2D eigenvalue weighted by atomic mass is 79.9. The van der Waals surface area contributed by atoms with Crippen molar-refractivity contribution in [3.63, 3.8) is 0 Å². The lowest BCUT2D eigenvalue weighted by Gasteiger charge is -2.08. The minimum absolute atomic E-state index is 0.0385. The van der Waals surface area contributed by atoms with E-state index in [1.807, 2.05) is 0 Å². The normalized spacial score (nSPS) is 15.8. The van der Waals surface area contributed by atoms with Crippen LogP contribution in [0.2, 0.25) is 0 Å². The molecule has 1 aromatic heterocycles. The Kier molecular flexibility index (Phi) is 1.80. The molecule has 1 rings (SSSR count). The molecule has 0 saturated heterocycles. The van der Waals surface area contributed by atoms with Gasteiger partial charge in [0.25, 0.3) is 0 Å². The number of pyridine rings is 1. The second kappa shape index (κ2) is 3.53. The fourth-order valence-corrected chi connectivity index (χ4v) is 0.951. The first kappa shape index (κ1) is 6.64. The van der Waals surface area contributed by atoms with Gasteiger partial charge < -0.3 is 4.74 Å². The predicted octanol–water partition coefficient (Wildman–Crippen LogP) is 2.87. The van der Waals surface area contributed by atoms with E-state index in [-0.39, 0.29) is 4.47 Å². The molecule has 0 aliphatic heterocycles. The van der Waals surface area contributed by atoms with Crippen molar-refractivity contribution in [2.45, 2.75) is 6.18 Å². The van der Waals surface area contributed by atoms with E-state index in [0.29, 0.717) is 6.07 Å². The Labute approximate surface area is 85.1 Å². The van der Waals surface area contributed by atoms with Crippen molar-refractivity contribution in [2.75, 3.05) is 7.04 Å². The van der Waals surface area contributed by atoms with Gasteiger partial charge in [0.15, 0.2) is 0 Å². The third-order valence-electron chi connectivity index (χ3n) is 1.22. The Morgan fingerprint density at radius 2 is 2.31 bits per heavy atom. The molecule has 1 heterocycles. The molecule has 1 aromatic rings. The maximum atomic E-state index is 12.3. The lowest BCUT2D eigenvalue weighted by atomic mass is 10.3. The summed E-state index contributed by atoms with van der Waals surface area (Å²) < 4.78 is 61.5. The Balaban J connectivity index is 3.10. The van der Waals surface area contributed by atoms with E-state index in [4.69, 9.17) is 4.11 Å². The van der Waals surface area contributed by atoms with E-state index >= 15 is 0 Å². The third-order valence-corrected chi connectivity index (χ3v) is 1.82. The lowest BCUT2D eigenvalue weighted by Crippen LogP contribution is -2.07. The highest BCUT2D eigenvalue weighted by molar-refractivity contribution is 9.10. The number of ether oxygens (including phenoxy) is 1. The van der Waals surface area contributed by atoms with Crippen LogP contribution >= 0.6 is 15.9 Å². The first-order chi connectivity index (χ1) is 7.09. The van der Waals surface area contributed by atoms with Crippen LogP contribution in [0.5, 0.6) is 5.75 Å². The Hall–Kier alpha value is -0.780. The molecule has 0 aliphatic carbocycles. The first-order valence-corrected chi connectivity index (χ1v) is 3.81. The van der Waals surface area contributed by atoms with Gasteiger partial charge in [0.2, 0.25) is 0 Å². The lowest BCUT2D eigenvalue weighted by molar-refractivity contribution is -0.141. The minimum atomic E-state index is -4.65. The number of aromatic nitrogens is 1. The van der Waals surface area contributed by atoms with Gasteiger partial charge in [0.05, 0.1) is 15.6 Å². The first-order valence-electron chi connectivity index (χ1n) is 4.51. The van der Waals surface area contributed by atoms with Crippen molar-refractivity contribution >= 4 is 15.9 Å². The summed E-state index contributed by atoms with van der Waals surface area (Å²) in [6, 6.07) is 0.524. The van der Waals surface area contributed by atoms with E-state index in [0.717, 1.165) is 6.20 Å². The summed E-state index contributed by atoms with van der Waals surface area (Å²) in [6.07, 6.45) is -3.81. The Morgan fingerprint density at radius 3 is 2.85 bits per heavy atom. The molecule has 0 fully saturated rings. The van der Waals surface area contributed by atoms with Crippen LogP contribution in [-0.2, 0) is 6.18 Å². The summed E-state index contributed by atoms with van der Waals surface area (Å²) >= 11 is 2.84. The molecule has 0 unspecified atom stereocenters. The molecule has 13 heavy (non-hydrogen) atoms. The molecule has 2 nitrogen and oxygen atoms in total. The van der Waals surface area contributed by atoms with Crippen molar-refractivity contribution in [2.24, 2.45) is 0 Å². The van der Waals surface area contributed by atoms with E-state index in [9.17, 15) is 13.2 Å². The summed E-state index contributed by atoms with van der Waals surface area (Å²) in [4.78, 5) is 3.10. The van der Waals surface area contributed by atoms with Gasteiger partial charge in [0, 0.05) is 12.3 Å². The van der Waals surface area contributed by atoms with Gasteiger partial charge in [-0.3, -0.25) is 4.98 Å². The van der Waals surface area contributed by atoms with E-state index in [2.05, 4.69) is 25.7 Å². The van der Waals surface area contributed by atoms with Crippen LogP contribution in [0, 0.1) is 0 Å². The zero-order valence-electron chi connectivity index (χ0n) is 9.02. The van der Waals surface area contributed by atoms with Gasteiger partial charge in [-0.2, -0.15) is 13.2 Å². The molecule has 0 bridgehead atoms. The fraction of sp³-hybridized carbons (Fsp3) is 0.286. The number of hydrogen-bond donors (Lipinski definition) is 0. The van der Waals surface area contributed by atoms with Crippen LogP contribution in [0.3, 0.4) is 0 Å². The molecular formula is C7H5BrF3NO. The maximum Gasteiger partial charge on any atom is 0.433 e.